The minimum atomic E-state index is 0.461. The Morgan fingerprint density at radius 1 is 1.60 bits per heavy atom. The van der Waals surface area contributed by atoms with E-state index < -0.39 is 0 Å². The normalized spacial score (nSPS) is 31.2. The summed E-state index contributed by atoms with van der Waals surface area (Å²) in [5, 5.41) is 3.24. The van der Waals surface area contributed by atoms with Crippen molar-refractivity contribution in [1.82, 2.24) is 5.32 Å². The lowest BCUT2D eigenvalue weighted by atomic mass is 10.0. The highest BCUT2D eigenvalue weighted by molar-refractivity contribution is 5.25. The molecule has 1 atom stereocenters. The monoisotopic (exact) mass is 137 g/mol. The Labute approximate surface area is 60.6 Å². The van der Waals surface area contributed by atoms with Gasteiger partial charge >= 0.3 is 0 Å². The highest BCUT2D eigenvalue weighted by atomic mass is 16.5. The van der Waals surface area contributed by atoms with Crippen molar-refractivity contribution in [1.29, 1.82) is 0 Å². The molecular formula is C8H11NO. The van der Waals surface area contributed by atoms with Gasteiger partial charge in [0.15, 0.2) is 0 Å². The number of nitrogens with one attached hydrogen (secondary N) is 1. The Bertz CT molecular complexity index is 184. The topological polar surface area (TPSA) is 21.3 Å². The predicted molar refractivity (Wildman–Crippen MR) is 39.6 cm³/mol. The molecule has 54 valence electrons. The van der Waals surface area contributed by atoms with Gasteiger partial charge in [-0.3, -0.25) is 5.32 Å². The molecule has 1 fully saturated rings. The average molecular weight is 137 g/mol. The number of fused-ring (bicyclic) bond motifs is 1. The minimum Gasteiger partial charge on any atom is -0.362 e. The minimum absolute atomic E-state index is 0.461. The van der Waals surface area contributed by atoms with Crippen LogP contribution in [-0.2, 0) is 4.74 Å². The molecule has 2 heteroatoms. The van der Waals surface area contributed by atoms with Gasteiger partial charge in [-0.05, 0) is 12.0 Å². The highest BCUT2D eigenvalue weighted by Gasteiger charge is 2.16. The molecule has 1 aliphatic heterocycles. The third-order valence-electron chi connectivity index (χ3n) is 1.92. The van der Waals surface area contributed by atoms with Crippen LogP contribution in [0, 0.1) is 0 Å². The Morgan fingerprint density at radius 2 is 2.60 bits per heavy atom. The largest absolute Gasteiger partial charge is 0.362 e. The third kappa shape index (κ3) is 1.00. The van der Waals surface area contributed by atoms with Crippen LogP contribution in [0.2, 0.25) is 0 Å². The smallest absolute Gasteiger partial charge is 0.0976 e. The van der Waals surface area contributed by atoms with Gasteiger partial charge < -0.3 is 4.74 Å². The third-order valence-corrected chi connectivity index (χ3v) is 1.92. The fourth-order valence-electron chi connectivity index (χ4n) is 1.35. The van der Waals surface area contributed by atoms with Crippen molar-refractivity contribution in [3.63, 3.8) is 0 Å². The molecular weight excluding hydrogens is 126 g/mol. The van der Waals surface area contributed by atoms with E-state index in [1.54, 1.807) is 0 Å². The van der Waals surface area contributed by atoms with Gasteiger partial charge in [0, 0.05) is 0 Å². The fourth-order valence-corrected chi connectivity index (χ4v) is 1.35. The van der Waals surface area contributed by atoms with Crippen LogP contribution in [-0.4, -0.2) is 19.4 Å². The van der Waals surface area contributed by atoms with Crippen LogP contribution in [0.4, 0.5) is 0 Å². The second-order valence-electron chi connectivity index (χ2n) is 2.62. The summed E-state index contributed by atoms with van der Waals surface area (Å²) in [5.74, 6) is 0. The molecule has 0 amide bonds. The molecule has 0 aromatic heterocycles. The number of allylic oxidation sites excluding steroid dienone is 2. The first-order valence-corrected chi connectivity index (χ1v) is 3.63. The fraction of sp³-hybridized carbons (Fsp3) is 0.500. The van der Waals surface area contributed by atoms with Crippen LogP contribution >= 0.6 is 0 Å². The van der Waals surface area contributed by atoms with Crippen LogP contribution in [0.3, 0.4) is 0 Å². The summed E-state index contributed by atoms with van der Waals surface area (Å²) in [5.41, 5.74) is 1.38. The summed E-state index contributed by atoms with van der Waals surface area (Å²) in [6.07, 6.45) is 7.69. The van der Waals surface area contributed by atoms with Gasteiger partial charge in [0.25, 0.3) is 0 Å². The van der Waals surface area contributed by atoms with Gasteiger partial charge in [0.05, 0.1) is 19.4 Å². The SMILES string of the molecule is C1=CC2NCOCC2=CC1. The molecule has 0 saturated carbocycles. The van der Waals surface area contributed by atoms with Crippen molar-refractivity contribution in [2.75, 3.05) is 13.3 Å². The lowest BCUT2D eigenvalue weighted by molar-refractivity contribution is 0.105. The number of hydrogen-bond acceptors (Lipinski definition) is 2. The first-order chi connectivity index (χ1) is 4.97. The van der Waals surface area contributed by atoms with E-state index in [0.717, 1.165) is 13.0 Å². The van der Waals surface area contributed by atoms with E-state index in [9.17, 15) is 0 Å². The molecule has 2 rings (SSSR count). The zero-order valence-electron chi connectivity index (χ0n) is 5.84. The zero-order valence-corrected chi connectivity index (χ0v) is 5.84. The van der Waals surface area contributed by atoms with Crippen molar-refractivity contribution in [2.24, 2.45) is 0 Å². The molecule has 1 saturated heterocycles. The Kier molecular flexibility index (Phi) is 1.57. The molecule has 1 aliphatic carbocycles. The van der Waals surface area contributed by atoms with Crippen LogP contribution in [0.25, 0.3) is 0 Å². The molecule has 1 unspecified atom stereocenters. The van der Waals surface area contributed by atoms with Crippen LogP contribution < -0.4 is 5.32 Å². The summed E-state index contributed by atoms with van der Waals surface area (Å²) in [6.45, 7) is 1.49. The first kappa shape index (κ1) is 6.13. The van der Waals surface area contributed by atoms with Crippen molar-refractivity contribution < 1.29 is 4.74 Å². The standard InChI is InChI=1S/C8H11NO/c1-2-4-8-7(3-1)5-10-6-9-8/h2-4,8-9H,1,5-6H2. The van der Waals surface area contributed by atoms with Gasteiger partial charge in [0.1, 0.15) is 0 Å². The molecule has 1 heterocycles. The first-order valence-electron chi connectivity index (χ1n) is 3.63. The van der Waals surface area contributed by atoms with E-state index in [1.165, 1.54) is 5.57 Å². The molecule has 0 spiro atoms. The quantitative estimate of drug-likeness (QED) is 0.499. The molecule has 0 radical (unpaired) electrons. The molecule has 1 N–H and O–H groups in total. The van der Waals surface area contributed by atoms with Gasteiger partial charge in [-0.2, -0.15) is 0 Å². The Hall–Kier alpha value is -0.600. The number of rotatable bonds is 0. The maximum absolute atomic E-state index is 5.23. The molecule has 2 aliphatic rings. The van der Waals surface area contributed by atoms with Gasteiger partial charge in [-0.15, -0.1) is 0 Å². The lowest BCUT2D eigenvalue weighted by Crippen LogP contribution is -2.38. The second kappa shape index (κ2) is 2.56. The summed E-state index contributed by atoms with van der Waals surface area (Å²) >= 11 is 0. The van der Waals surface area contributed by atoms with Gasteiger partial charge in [0.2, 0.25) is 0 Å². The summed E-state index contributed by atoms with van der Waals surface area (Å²) in [6, 6.07) is 0.461. The van der Waals surface area contributed by atoms with E-state index >= 15 is 0 Å². The maximum atomic E-state index is 5.23. The molecule has 10 heavy (non-hydrogen) atoms. The molecule has 0 bridgehead atoms. The van der Waals surface area contributed by atoms with Crippen molar-refractivity contribution >= 4 is 0 Å². The second-order valence-corrected chi connectivity index (χ2v) is 2.62. The average Bonchev–Trinajstić information content (AvgIpc) is 2.05. The molecule has 0 aromatic rings. The van der Waals surface area contributed by atoms with E-state index in [0.29, 0.717) is 12.8 Å². The highest BCUT2D eigenvalue weighted by Crippen LogP contribution is 2.14. The van der Waals surface area contributed by atoms with E-state index in [2.05, 4.69) is 23.5 Å². The Morgan fingerprint density at radius 3 is 3.50 bits per heavy atom. The summed E-state index contributed by atoms with van der Waals surface area (Å²) in [7, 11) is 0. The van der Waals surface area contributed by atoms with E-state index in [1.807, 2.05) is 0 Å². The zero-order chi connectivity index (χ0) is 6.81. The van der Waals surface area contributed by atoms with Crippen molar-refractivity contribution in [3.05, 3.63) is 23.8 Å². The van der Waals surface area contributed by atoms with Crippen molar-refractivity contribution in [2.45, 2.75) is 12.5 Å². The molecule has 2 nitrogen and oxygen atoms in total. The number of hydrogen-bond donors (Lipinski definition) is 1. The van der Waals surface area contributed by atoms with Crippen LogP contribution in [0.1, 0.15) is 6.42 Å². The van der Waals surface area contributed by atoms with E-state index in [-0.39, 0.29) is 0 Å². The maximum Gasteiger partial charge on any atom is 0.0976 e. The predicted octanol–water partition coefficient (Wildman–Crippen LogP) is 0.819. The Balaban J connectivity index is 2.13. The molecule has 0 aromatic carbocycles. The van der Waals surface area contributed by atoms with Gasteiger partial charge in [-0.1, -0.05) is 18.2 Å². The van der Waals surface area contributed by atoms with Crippen LogP contribution in [0.15, 0.2) is 23.8 Å². The van der Waals surface area contributed by atoms with Gasteiger partial charge in [-0.25, -0.2) is 0 Å². The lowest BCUT2D eigenvalue weighted by Gasteiger charge is -2.26. The summed E-state index contributed by atoms with van der Waals surface area (Å²) < 4.78 is 5.23. The van der Waals surface area contributed by atoms with Crippen LogP contribution in [0.5, 0.6) is 0 Å². The van der Waals surface area contributed by atoms with E-state index in [4.69, 9.17) is 4.74 Å². The summed E-state index contributed by atoms with van der Waals surface area (Å²) in [4.78, 5) is 0. The number of ether oxygens (including phenoxy) is 1. The van der Waals surface area contributed by atoms with Crippen molar-refractivity contribution in [3.8, 4) is 0 Å².